The molecule has 7 heteroatoms. The van der Waals surface area contributed by atoms with E-state index in [0.717, 1.165) is 30.6 Å². The smallest absolute Gasteiger partial charge is 0.248 e. The first-order valence-corrected chi connectivity index (χ1v) is 11.2. The molecular weight excluding hydrogens is 374 g/mol. The van der Waals surface area contributed by atoms with Crippen LogP contribution < -0.4 is 14.9 Å². The predicted octanol–water partition coefficient (Wildman–Crippen LogP) is 3.70. The highest BCUT2D eigenvalue weighted by Crippen LogP contribution is 2.21. The summed E-state index contributed by atoms with van der Waals surface area (Å²) in [4.78, 5) is 14.5. The van der Waals surface area contributed by atoms with Gasteiger partial charge in [-0.2, -0.15) is 0 Å². The average Bonchev–Trinajstić information content (AvgIpc) is 2.68. The minimum atomic E-state index is -3.30. The van der Waals surface area contributed by atoms with E-state index >= 15 is 0 Å². The Labute approximate surface area is 166 Å². The van der Waals surface area contributed by atoms with Crippen molar-refractivity contribution in [3.8, 4) is 0 Å². The Kier molecular flexibility index (Phi) is 6.36. The summed E-state index contributed by atoms with van der Waals surface area (Å²) in [6.45, 7) is 2.18. The predicted molar refractivity (Wildman–Crippen MR) is 115 cm³/mol. The highest BCUT2D eigenvalue weighted by atomic mass is 32.2. The molecule has 0 aromatic heterocycles. The number of piperidine rings is 1. The van der Waals surface area contributed by atoms with Crippen LogP contribution >= 0.6 is 0 Å². The maximum absolute atomic E-state index is 12.1. The fourth-order valence-electron chi connectivity index (χ4n) is 3.14. The first kappa shape index (κ1) is 19.9. The molecule has 2 aromatic carbocycles. The van der Waals surface area contributed by atoms with Gasteiger partial charge in [0, 0.05) is 36.2 Å². The van der Waals surface area contributed by atoms with E-state index in [2.05, 4.69) is 14.9 Å². The van der Waals surface area contributed by atoms with Crippen LogP contribution in [-0.2, 0) is 14.8 Å². The zero-order valence-corrected chi connectivity index (χ0v) is 16.7. The molecule has 148 valence electrons. The molecule has 1 saturated heterocycles. The molecule has 0 atom stereocenters. The third-order valence-corrected chi connectivity index (χ3v) is 5.10. The lowest BCUT2D eigenvalue weighted by molar-refractivity contribution is -0.111. The van der Waals surface area contributed by atoms with Crippen molar-refractivity contribution in [3.63, 3.8) is 0 Å². The van der Waals surface area contributed by atoms with Gasteiger partial charge in [0.15, 0.2) is 0 Å². The number of nitrogens with one attached hydrogen (secondary N) is 2. The number of sulfonamides is 1. The first-order valence-electron chi connectivity index (χ1n) is 9.31. The van der Waals surface area contributed by atoms with E-state index in [-0.39, 0.29) is 5.91 Å². The van der Waals surface area contributed by atoms with Crippen molar-refractivity contribution in [1.29, 1.82) is 0 Å². The normalized spacial score (nSPS) is 14.8. The molecular formula is C21H25N3O3S. The summed E-state index contributed by atoms with van der Waals surface area (Å²) in [5, 5.41) is 2.85. The van der Waals surface area contributed by atoms with Crippen molar-refractivity contribution in [3.05, 3.63) is 60.2 Å². The quantitative estimate of drug-likeness (QED) is 0.726. The first-order chi connectivity index (χ1) is 13.4. The van der Waals surface area contributed by atoms with Crippen LogP contribution in [0.25, 0.3) is 6.08 Å². The van der Waals surface area contributed by atoms with Crippen molar-refractivity contribution >= 4 is 39.1 Å². The highest BCUT2D eigenvalue weighted by molar-refractivity contribution is 7.92. The van der Waals surface area contributed by atoms with Gasteiger partial charge in [0.05, 0.1) is 6.26 Å². The molecule has 1 aliphatic rings. The average molecular weight is 400 g/mol. The third kappa shape index (κ3) is 6.13. The van der Waals surface area contributed by atoms with Crippen LogP contribution in [0.3, 0.4) is 0 Å². The van der Waals surface area contributed by atoms with E-state index in [1.807, 2.05) is 24.3 Å². The van der Waals surface area contributed by atoms with Gasteiger partial charge in [-0.25, -0.2) is 8.42 Å². The Morgan fingerprint density at radius 1 is 0.929 bits per heavy atom. The lowest BCUT2D eigenvalue weighted by Crippen LogP contribution is -2.29. The second-order valence-corrected chi connectivity index (χ2v) is 8.66. The van der Waals surface area contributed by atoms with Crippen molar-refractivity contribution in [2.75, 3.05) is 34.3 Å². The van der Waals surface area contributed by atoms with E-state index in [1.54, 1.807) is 30.3 Å². The molecule has 0 unspecified atom stereocenters. The van der Waals surface area contributed by atoms with Gasteiger partial charge in [0.25, 0.3) is 0 Å². The summed E-state index contributed by atoms with van der Waals surface area (Å²) in [5.41, 5.74) is 3.23. The van der Waals surface area contributed by atoms with E-state index in [1.165, 1.54) is 31.0 Å². The lowest BCUT2D eigenvalue weighted by atomic mass is 10.1. The van der Waals surface area contributed by atoms with Crippen LogP contribution in [0.2, 0.25) is 0 Å². The van der Waals surface area contributed by atoms with Crippen LogP contribution in [0.4, 0.5) is 17.1 Å². The minimum absolute atomic E-state index is 0.218. The summed E-state index contributed by atoms with van der Waals surface area (Å²) in [5.74, 6) is -0.218. The zero-order chi connectivity index (χ0) is 20.0. The molecule has 0 saturated carbocycles. The molecule has 28 heavy (non-hydrogen) atoms. The molecule has 0 bridgehead atoms. The fraction of sp³-hybridized carbons (Fsp3) is 0.286. The van der Waals surface area contributed by atoms with Crippen molar-refractivity contribution < 1.29 is 13.2 Å². The Morgan fingerprint density at radius 2 is 1.54 bits per heavy atom. The number of benzene rings is 2. The molecule has 1 heterocycles. The molecule has 1 aliphatic heterocycles. The second kappa shape index (κ2) is 8.93. The van der Waals surface area contributed by atoms with Crippen LogP contribution in [-0.4, -0.2) is 33.7 Å². The SMILES string of the molecule is CS(=O)(=O)Nc1ccc(/C=C/C(=O)Nc2ccc(N3CCCCC3)cc2)cc1. The molecule has 0 radical (unpaired) electrons. The zero-order valence-electron chi connectivity index (χ0n) is 15.9. The monoisotopic (exact) mass is 399 g/mol. The minimum Gasteiger partial charge on any atom is -0.372 e. The van der Waals surface area contributed by atoms with E-state index < -0.39 is 10.0 Å². The molecule has 2 aromatic rings. The third-order valence-electron chi connectivity index (χ3n) is 4.50. The standard InChI is InChI=1S/C21H25N3O3S/c1-28(26,27)23-19-8-5-17(6-9-19)7-14-21(25)22-18-10-12-20(13-11-18)24-15-3-2-4-16-24/h5-14,23H,2-4,15-16H2,1H3,(H,22,25)/b14-7+. The molecule has 0 aliphatic carbocycles. The van der Waals surface area contributed by atoms with Gasteiger partial charge >= 0.3 is 0 Å². The summed E-state index contributed by atoms with van der Waals surface area (Å²) < 4.78 is 24.8. The second-order valence-electron chi connectivity index (χ2n) is 6.91. The van der Waals surface area contributed by atoms with E-state index in [4.69, 9.17) is 0 Å². The molecule has 0 spiro atoms. The fourth-order valence-corrected chi connectivity index (χ4v) is 3.70. The van der Waals surface area contributed by atoms with Crippen molar-refractivity contribution in [1.82, 2.24) is 0 Å². The Bertz CT molecular complexity index is 930. The molecule has 2 N–H and O–H groups in total. The summed E-state index contributed by atoms with van der Waals surface area (Å²) in [6, 6.07) is 14.7. The lowest BCUT2D eigenvalue weighted by Gasteiger charge is -2.28. The van der Waals surface area contributed by atoms with Gasteiger partial charge in [0.2, 0.25) is 15.9 Å². The number of hydrogen-bond donors (Lipinski definition) is 2. The van der Waals surface area contributed by atoms with Crippen LogP contribution in [0.1, 0.15) is 24.8 Å². The Balaban J connectivity index is 1.54. The number of anilines is 3. The van der Waals surface area contributed by atoms with Gasteiger partial charge < -0.3 is 10.2 Å². The van der Waals surface area contributed by atoms with E-state index in [9.17, 15) is 13.2 Å². The maximum Gasteiger partial charge on any atom is 0.248 e. The summed E-state index contributed by atoms with van der Waals surface area (Å²) in [7, 11) is -3.30. The van der Waals surface area contributed by atoms with Crippen molar-refractivity contribution in [2.45, 2.75) is 19.3 Å². The number of hydrogen-bond acceptors (Lipinski definition) is 4. The number of rotatable bonds is 6. The topological polar surface area (TPSA) is 78.5 Å². The Hall–Kier alpha value is -2.80. The summed E-state index contributed by atoms with van der Waals surface area (Å²) >= 11 is 0. The number of carbonyl (C=O) groups excluding carboxylic acids is 1. The molecule has 3 rings (SSSR count). The van der Waals surface area contributed by atoms with Crippen LogP contribution in [0, 0.1) is 0 Å². The molecule has 1 fully saturated rings. The van der Waals surface area contributed by atoms with Gasteiger partial charge in [-0.15, -0.1) is 0 Å². The van der Waals surface area contributed by atoms with Gasteiger partial charge in [-0.3, -0.25) is 9.52 Å². The number of carbonyl (C=O) groups is 1. The van der Waals surface area contributed by atoms with Gasteiger partial charge in [-0.05, 0) is 67.3 Å². The molecule has 6 nitrogen and oxygen atoms in total. The van der Waals surface area contributed by atoms with Crippen LogP contribution in [0.15, 0.2) is 54.6 Å². The maximum atomic E-state index is 12.1. The van der Waals surface area contributed by atoms with Gasteiger partial charge in [-0.1, -0.05) is 12.1 Å². The van der Waals surface area contributed by atoms with Crippen LogP contribution in [0.5, 0.6) is 0 Å². The largest absolute Gasteiger partial charge is 0.372 e. The number of nitrogens with zero attached hydrogens (tertiary/aromatic N) is 1. The van der Waals surface area contributed by atoms with Crippen molar-refractivity contribution in [2.24, 2.45) is 0 Å². The number of amides is 1. The van der Waals surface area contributed by atoms with Gasteiger partial charge in [0.1, 0.15) is 0 Å². The Morgan fingerprint density at radius 3 is 2.14 bits per heavy atom. The van der Waals surface area contributed by atoms with E-state index in [0.29, 0.717) is 5.69 Å². The molecule has 1 amide bonds. The summed E-state index contributed by atoms with van der Waals surface area (Å²) in [6.07, 6.45) is 8.00. The highest BCUT2D eigenvalue weighted by Gasteiger charge is 2.10.